The monoisotopic (exact) mass is 388 g/mol. The van der Waals surface area contributed by atoms with Crippen LogP contribution in [0.25, 0.3) is 6.08 Å². The Labute approximate surface area is 158 Å². The van der Waals surface area contributed by atoms with Gasteiger partial charge < -0.3 is 0 Å². The summed E-state index contributed by atoms with van der Waals surface area (Å²) >= 11 is 0. The van der Waals surface area contributed by atoms with Crippen LogP contribution in [0.5, 0.6) is 0 Å². The van der Waals surface area contributed by atoms with E-state index in [1.807, 2.05) is 0 Å². The Hall–Kier alpha value is -2.84. The lowest BCUT2D eigenvalue weighted by Crippen LogP contribution is -2.30. The van der Waals surface area contributed by atoms with E-state index in [0.717, 1.165) is 0 Å². The quantitative estimate of drug-likeness (QED) is 0.298. The number of carbonyl (C=O) groups is 1. The summed E-state index contributed by atoms with van der Waals surface area (Å²) in [4.78, 5) is 22.5. The molecule has 0 radical (unpaired) electrons. The molecule has 8 heteroatoms. The van der Waals surface area contributed by atoms with Gasteiger partial charge in [-0.25, -0.2) is 8.42 Å². The van der Waals surface area contributed by atoms with Gasteiger partial charge in [0.1, 0.15) is 0 Å². The molecule has 142 valence electrons. The van der Waals surface area contributed by atoms with Crippen LogP contribution in [0.4, 0.5) is 5.69 Å². The van der Waals surface area contributed by atoms with Crippen molar-refractivity contribution in [3.8, 4) is 0 Å². The summed E-state index contributed by atoms with van der Waals surface area (Å²) < 4.78 is 26.2. The number of nitrogens with zero attached hydrogens (tertiary/aromatic N) is 2. The van der Waals surface area contributed by atoms with Crippen molar-refractivity contribution < 1.29 is 18.1 Å². The van der Waals surface area contributed by atoms with Crippen LogP contribution in [0.1, 0.15) is 29.8 Å². The average molecular weight is 388 g/mol. The second-order valence-electron chi connectivity index (χ2n) is 5.66. The SMILES string of the molecule is CCN(CC)S(=O)(=O)c1ccc(C(=O)C=Cc2ccc([N+](=O)[O-])cc2)cc1. The summed E-state index contributed by atoms with van der Waals surface area (Å²) in [5.41, 5.74) is 0.977. The zero-order valence-electron chi connectivity index (χ0n) is 15.0. The zero-order chi connectivity index (χ0) is 20.0. The van der Waals surface area contributed by atoms with Gasteiger partial charge >= 0.3 is 0 Å². The molecule has 0 fully saturated rings. The van der Waals surface area contributed by atoms with Gasteiger partial charge in [-0.1, -0.05) is 19.9 Å². The maximum atomic E-state index is 12.4. The largest absolute Gasteiger partial charge is 0.289 e. The first-order chi connectivity index (χ1) is 12.8. The molecular formula is C19H20N2O5S. The van der Waals surface area contributed by atoms with E-state index in [1.54, 1.807) is 32.1 Å². The number of ketones is 1. The van der Waals surface area contributed by atoms with Crippen molar-refractivity contribution in [2.75, 3.05) is 13.1 Å². The Morgan fingerprint density at radius 1 is 1.04 bits per heavy atom. The molecule has 0 aliphatic carbocycles. The van der Waals surface area contributed by atoms with E-state index in [4.69, 9.17) is 0 Å². The molecule has 2 rings (SSSR count). The number of benzene rings is 2. The second-order valence-corrected chi connectivity index (χ2v) is 7.60. The highest BCUT2D eigenvalue weighted by atomic mass is 32.2. The zero-order valence-corrected chi connectivity index (χ0v) is 15.8. The summed E-state index contributed by atoms with van der Waals surface area (Å²) in [6.07, 6.45) is 2.89. The molecule has 0 unspecified atom stereocenters. The number of nitro groups is 1. The molecule has 0 spiro atoms. The van der Waals surface area contributed by atoms with Gasteiger partial charge in [0, 0.05) is 30.8 Å². The lowest BCUT2D eigenvalue weighted by Gasteiger charge is -2.18. The minimum Gasteiger partial charge on any atom is -0.289 e. The van der Waals surface area contributed by atoms with E-state index in [9.17, 15) is 23.3 Å². The van der Waals surface area contributed by atoms with Gasteiger partial charge in [-0.05, 0) is 48.0 Å². The van der Waals surface area contributed by atoms with Crippen molar-refractivity contribution in [3.63, 3.8) is 0 Å². The van der Waals surface area contributed by atoms with Gasteiger partial charge in [0.25, 0.3) is 5.69 Å². The number of non-ortho nitro benzene ring substituents is 1. The minimum atomic E-state index is -3.56. The smallest absolute Gasteiger partial charge is 0.269 e. The summed E-state index contributed by atoms with van der Waals surface area (Å²) in [7, 11) is -3.56. The Balaban J connectivity index is 2.14. The van der Waals surface area contributed by atoms with Crippen molar-refractivity contribution >= 4 is 27.6 Å². The molecule has 0 aromatic heterocycles. The predicted octanol–water partition coefficient (Wildman–Crippen LogP) is 3.52. The Kier molecular flexibility index (Phi) is 6.59. The average Bonchev–Trinajstić information content (AvgIpc) is 2.67. The molecule has 0 aliphatic rings. The molecular weight excluding hydrogens is 368 g/mol. The van der Waals surface area contributed by atoms with Gasteiger partial charge in [0.2, 0.25) is 10.0 Å². The third-order valence-electron chi connectivity index (χ3n) is 4.01. The number of nitro benzene ring substituents is 1. The number of rotatable bonds is 8. The predicted molar refractivity (Wildman–Crippen MR) is 103 cm³/mol. The molecule has 0 heterocycles. The van der Waals surface area contributed by atoms with Crippen LogP contribution in [-0.2, 0) is 10.0 Å². The number of sulfonamides is 1. The van der Waals surface area contributed by atoms with Crippen molar-refractivity contribution in [1.82, 2.24) is 4.31 Å². The highest BCUT2D eigenvalue weighted by Crippen LogP contribution is 2.17. The van der Waals surface area contributed by atoms with E-state index in [1.165, 1.54) is 46.8 Å². The van der Waals surface area contributed by atoms with E-state index >= 15 is 0 Å². The molecule has 7 nitrogen and oxygen atoms in total. The molecule has 0 saturated carbocycles. The van der Waals surface area contributed by atoms with Gasteiger partial charge in [-0.2, -0.15) is 4.31 Å². The Bertz CT molecular complexity index is 945. The fraction of sp³-hybridized carbons (Fsp3) is 0.211. The third-order valence-corrected chi connectivity index (χ3v) is 6.08. The number of carbonyl (C=O) groups excluding carboxylic acids is 1. The standard InChI is InChI=1S/C19H20N2O5S/c1-3-20(4-2)27(25,26)18-12-8-16(9-13-18)19(22)14-7-15-5-10-17(11-6-15)21(23)24/h5-14H,3-4H2,1-2H3. The van der Waals surface area contributed by atoms with E-state index in [-0.39, 0.29) is 16.4 Å². The van der Waals surface area contributed by atoms with E-state index in [2.05, 4.69) is 0 Å². The maximum absolute atomic E-state index is 12.4. The van der Waals surface area contributed by atoms with Crippen molar-refractivity contribution in [3.05, 3.63) is 75.8 Å². The first-order valence-corrected chi connectivity index (χ1v) is 9.80. The van der Waals surface area contributed by atoms with Crippen LogP contribution >= 0.6 is 0 Å². The lowest BCUT2D eigenvalue weighted by atomic mass is 10.1. The van der Waals surface area contributed by atoms with Crippen molar-refractivity contribution in [2.45, 2.75) is 18.7 Å². The van der Waals surface area contributed by atoms with Crippen molar-refractivity contribution in [2.24, 2.45) is 0 Å². The molecule has 2 aromatic carbocycles. The number of hydrogen-bond acceptors (Lipinski definition) is 5. The van der Waals surface area contributed by atoms with Crippen LogP contribution in [0.2, 0.25) is 0 Å². The van der Waals surface area contributed by atoms with Crippen LogP contribution in [0.15, 0.2) is 59.5 Å². The van der Waals surface area contributed by atoms with E-state index in [0.29, 0.717) is 24.2 Å². The normalized spacial score (nSPS) is 11.8. The number of allylic oxidation sites excluding steroid dienone is 1. The maximum Gasteiger partial charge on any atom is 0.269 e. The molecule has 0 amide bonds. The van der Waals surface area contributed by atoms with E-state index < -0.39 is 14.9 Å². The Morgan fingerprint density at radius 3 is 2.07 bits per heavy atom. The molecule has 2 aromatic rings. The number of hydrogen-bond donors (Lipinski definition) is 0. The minimum absolute atomic E-state index is 0.0246. The third kappa shape index (κ3) is 4.87. The highest BCUT2D eigenvalue weighted by Gasteiger charge is 2.21. The highest BCUT2D eigenvalue weighted by molar-refractivity contribution is 7.89. The first kappa shape index (κ1) is 20.5. The summed E-state index contributed by atoms with van der Waals surface area (Å²) in [5.74, 6) is -0.292. The second kappa shape index (κ2) is 8.70. The van der Waals surface area contributed by atoms with Gasteiger partial charge in [0.05, 0.1) is 9.82 Å². The lowest BCUT2D eigenvalue weighted by molar-refractivity contribution is -0.384. The van der Waals surface area contributed by atoms with Crippen molar-refractivity contribution in [1.29, 1.82) is 0 Å². The van der Waals surface area contributed by atoms with Gasteiger partial charge in [0.15, 0.2) is 5.78 Å². The fourth-order valence-electron chi connectivity index (χ4n) is 2.48. The van der Waals surface area contributed by atoms with Crippen LogP contribution in [-0.4, -0.2) is 36.5 Å². The Morgan fingerprint density at radius 2 is 1.59 bits per heavy atom. The summed E-state index contributed by atoms with van der Waals surface area (Å²) in [6, 6.07) is 11.6. The summed E-state index contributed by atoms with van der Waals surface area (Å²) in [5, 5.41) is 10.6. The molecule has 0 aliphatic heterocycles. The van der Waals surface area contributed by atoms with Gasteiger partial charge in [-0.15, -0.1) is 0 Å². The van der Waals surface area contributed by atoms with Gasteiger partial charge in [-0.3, -0.25) is 14.9 Å². The summed E-state index contributed by atoms with van der Waals surface area (Å²) in [6.45, 7) is 4.28. The molecule has 0 saturated heterocycles. The van der Waals surface area contributed by atoms with Crippen LogP contribution in [0.3, 0.4) is 0 Å². The topological polar surface area (TPSA) is 97.6 Å². The molecule has 27 heavy (non-hydrogen) atoms. The van der Waals surface area contributed by atoms with Crippen LogP contribution in [0, 0.1) is 10.1 Å². The first-order valence-electron chi connectivity index (χ1n) is 8.36. The van der Waals surface area contributed by atoms with Crippen LogP contribution < -0.4 is 0 Å². The molecule has 0 atom stereocenters. The molecule has 0 bridgehead atoms. The molecule has 0 N–H and O–H groups in total. The fourth-order valence-corrected chi connectivity index (χ4v) is 3.94.